The van der Waals surface area contributed by atoms with Crippen LogP contribution in [0.5, 0.6) is 5.75 Å². The molecular weight excluding hydrogens is 222 g/mol. The molecule has 102 valence electrons. The van der Waals surface area contributed by atoms with Crippen LogP contribution in [-0.4, -0.2) is 13.2 Å². The molecule has 2 unspecified atom stereocenters. The largest absolute Gasteiger partial charge is 0.497 e. The fraction of sp³-hybridized carbons (Fsp3) is 0.625. The Morgan fingerprint density at radius 3 is 2.39 bits per heavy atom. The van der Waals surface area contributed by atoms with Crippen molar-refractivity contribution in [1.82, 2.24) is 5.32 Å². The van der Waals surface area contributed by atoms with E-state index >= 15 is 0 Å². The van der Waals surface area contributed by atoms with Crippen LogP contribution in [-0.2, 0) is 0 Å². The Bertz CT molecular complexity index is 347. The van der Waals surface area contributed by atoms with E-state index in [9.17, 15) is 0 Å². The maximum absolute atomic E-state index is 5.27. The summed E-state index contributed by atoms with van der Waals surface area (Å²) in [6.07, 6.45) is 2.46. The van der Waals surface area contributed by atoms with Crippen LogP contribution >= 0.6 is 0 Å². The molecule has 2 heteroatoms. The highest BCUT2D eigenvalue weighted by molar-refractivity contribution is 5.30. The second-order valence-corrected chi connectivity index (χ2v) is 5.03. The predicted molar refractivity (Wildman–Crippen MR) is 78.1 cm³/mol. The minimum absolute atomic E-state index is 0.357. The predicted octanol–water partition coefficient (Wildman–Crippen LogP) is 4.17. The Morgan fingerprint density at radius 1 is 1.17 bits per heavy atom. The number of nitrogens with one attached hydrogen (secondary N) is 1. The van der Waals surface area contributed by atoms with Crippen molar-refractivity contribution in [2.45, 2.75) is 52.6 Å². The van der Waals surface area contributed by atoms with Gasteiger partial charge in [0, 0.05) is 12.1 Å². The molecule has 0 heterocycles. The van der Waals surface area contributed by atoms with Crippen LogP contribution in [0.2, 0.25) is 0 Å². The molecule has 0 aliphatic carbocycles. The van der Waals surface area contributed by atoms with Crippen molar-refractivity contribution in [2.75, 3.05) is 7.11 Å². The standard InChI is InChI=1S/C16H27NO/c1-6-14(7-2)12(3)17-13(4)15-9-8-10-16(11-15)18-5/h8-14,17H,6-7H2,1-5H3. The van der Waals surface area contributed by atoms with Gasteiger partial charge in [0.1, 0.15) is 5.75 Å². The van der Waals surface area contributed by atoms with E-state index in [0.717, 1.165) is 11.7 Å². The molecule has 1 N–H and O–H groups in total. The van der Waals surface area contributed by atoms with Gasteiger partial charge in [0.2, 0.25) is 0 Å². The molecule has 0 aliphatic rings. The molecule has 18 heavy (non-hydrogen) atoms. The Kier molecular flexibility index (Phi) is 6.20. The molecule has 0 amide bonds. The highest BCUT2D eigenvalue weighted by Gasteiger charge is 2.16. The van der Waals surface area contributed by atoms with Gasteiger partial charge < -0.3 is 10.1 Å². The lowest BCUT2D eigenvalue weighted by atomic mass is 9.94. The van der Waals surface area contributed by atoms with Crippen LogP contribution in [0.15, 0.2) is 24.3 Å². The first-order valence-electron chi connectivity index (χ1n) is 7.02. The molecule has 0 saturated carbocycles. The summed E-state index contributed by atoms with van der Waals surface area (Å²) in [4.78, 5) is 0. The molecular formula is C16H27NO. The van der Waals surface area contributed by atoms with Crippen molar-refractivity contribution in [3.63, 3.8) is 0 Å². The van der Waals surface area contributed by atoms with Gasteiger partial charge in [0.15, 0.2) is 0 Å². The lowest BCUT2D eigenvalue weighted by Crippen LogP contribution is -2.34. The normalized spacial score (nSPS) is 14.6. The quantitative estimate of drug-likeness (QED) is 0.783. The van der Waals surface area contributed by atoms with Gasteiger partial charge in [-0.15, -0.1) is 0 Å². The first kappa shape index (κ1) is 15.0. The zero-order valence-electron chi connectivity index (χ0n) is 12.4. The van der Waals surface area contributed by atoms with Gasteiger partial charge in [-0.2, -0.15) is 0 Å². The van der Waals surface area contributed by atoms with Crippen LogP contribution in [0, 0.1) is 5.92 Å². The Balaban J connectivity index is 2.66. The first-order valence-corrected chi connectivity index (χ1v) is 7.02. The lowest BCUT2D eigenvalue weighted by molar-refractivity contribution is 0.329. The first-order chi connectivity index (χ1) is 8.62. The number of rotatable bonds is 7. The van der Waals surface area contributed by atoms with Gasteiger partial charge in [-0.25, -0.2) is 0 Å². The monoisotopic (exact) mass is 249 g/mol. The summed E-state index contributed by atoms with van der Waals surface area (Å²) in [7, 11) is 1.71. The molecule has 0 aliphatic heterocycles. The fourth-order valence-electron chi connectivity index (χ4n) is 2.53. The third-order valence-corrected chi connectivity index (χ3v) is 3.86. The van der Waals surface area contributed by atoms with Gasteiger partial charge in [-0.1, -0.05) is 38.8 Å². The van der Waals surface area contributed by atoms with Crippen molar-refractivity contribution >= 4 is 0 Å². The van der Waals surface area contributed by atoms with Crippen LogP contribution in [0.3, 0.4) is 0 Å². The second-order valence-electron chi connectivity index (χ2n) is 5.03. The fourth-order valence-corrected chi connectivity index (χ4v) is 2.53. The summed E-state index contributed by atoms with van der Waals surface area (Å²) in [6.45, 7) is 9.03. The molecule has 0 spiro atoms. The maximum atomic E-state index is 5.27. The Morgan fingerprint density at radius 2 is 1.83 bits per heavy atom. The zero-order chi connectivity index (χ0) is 13.5. The van der Waals surface area contributed by atoms with Gasteiger partial charge in [0.25, 0.3) is 0 Å². The molecule has 0 saturated heterocycles. The number of ether oxygens (including phenoxy) is 1. The summed E-state index contributed by atoms with van der Waals surface area (Å²) >= 11 is 0. The summed E-state index contributed by atoms with van der Waals surface area (Å²) < 4.78 is 5.27. The number of hydrogen-bond donors (Lipinski definition) is 1. The van der Waals surface area contributed by atoms with Crippen molar-refractivity contribution in [2.24, 2.45) is 5.92 Å². The molecule has 1 aromatic carbocycles. The lowest BCUT2D eigenvalue weighted by Gasteiger charge is -2.26. The SMILES string of the molecule is CCC(CC)C(C)NC(C)c1cccc(OC)c1. The number of benzene rings is 1. The highest BCUT2D eigenvalue weighted by Crippen LogP contribution is 2.21. The molecule has 1 aromatic rings. The third kappa shape index (κ3) is 4.02. The summed E-state index contributed by atoms with van der Waals surface area (Å²) in [5.41, 5.74) is 1.28. The van der Waals surface area contributed by atoms with Crippen molar-refractivity contribution in [1.29, 1.82) is 0 Å². The Labute approximate surface area is 112 Å². The van der Waals surface area contributed by atoms with Crippen LogP contribution in [0.4, 0.5) is 0 Å². The van der Waals surface area contributed by atoms with Gasteiger partial charge >= 0.3 is 0 Å². The third-order valence-electron chi connectivity index (χ3n) is 3.86. The average molecular weight is 249 g/mol. The molecule has 0 bridgehead atoms. The molecule has 0 aromatic heterocycles. The van der Waals surface area contributed by atoms with E-state index in [0.29, 0.717) is 12.1 Å². The second kappa shape index (κ2) is 7.42. The maximum Gasteiger partial charge on any atom is 0.119 e. The topological polar surface area (TPSA) is 21.3 Å². The Hall–Kier alpha value is -1.02. The molecule has 2 atom stereocenters. The molecule has 0 fully saturated rings. The average Bonchev–Trinajstić information content (AvgIpc) is 2.40. The van der Waals surface area contributed by atoms with Gasteiger partial charge in [0.05, 0.1) is 7.11 Å². The van der Waals surface area contributed by atoms with E-state index in [1.54, 1.807) is 7.11 Å². The molecule has 0 radical (unpaired) electrons. The van der Waals surface area contributed by atoms with E-state index in [1.807, 2.05) is 12.1 Å². The van der Waals surface area contributed by atoms with Crippen molar-refractivity contribution in [3.8, 4) is 5.75 Å². The van der Waals surface area contributed by atoms with E-state index in [2.05, 4.69) is 45.1 Å². The van der Waals surface area contributed by atoms with E-state index in [1.165, 1.54) is 18.4 Å². The van der Waals surface area contributed by atoms with E-state index < -0.39 is 0 Å². The van der Waals surface area contributed by atoms with E-state index in [4.69, 9.17) is 4.74 Å². The number of hydrogen-bond acceptors (Lipinski definition) is 2. The summed E-state index contributed by atoms with van der Waals surface area (Å²) in [5, 5.41) is 3.69. The minimum atomic E-state index is 0.357. The summed E-state index contributed by atoms with van der Waals surface area (Å²) in [6, 6.07) is 9.20. The smallest absolute Gasteiger partial charge is 0.119 e. The number of methoxy groups -OCH3 is 1. The van der Waals surface area contributed by atoms with Gasteiger partial charge in [-0.3, -0.25) is 0 Å². The van der Waals surface area contributed by atoms with Gasteiger partial charge in [-0.05, 0) is 37.5 Å². The van der Waals surface area contributed by atoms with Crippen LogP contribution < -0.4 is 10.1 Å². The zero-order valence-corrected chi connectivity index (χ0v) is 12.4. The molecule has 2 nitrogen and oxygen atoms in total. The summed E-state index contributed by atoms with van der Waals surface area (Å²) in [5.74, 6) is 1.68. The minimum Gasteiger partial charge on any atom is -0.497 e. The molecule has 1 rings (SSSR count). The van der Waals surface area contributed by atoms with Crippen LogP contribution in [0.1, 0.15) is 52.1 Å². The van der Waals surface area contributed by atoms with E-state index in [-0.39, 0.29) is 0 Å². The van der Waals surface area contributed by atoms with Crippen molar-refractivity contribution in [3.05, 3.63) is 29.8 Å². The van der Waals surface area contributed by atoms with Crippen LogP contribution in [0.25, 0.3) is 0 Å². The highest BCUT2D eigenvalue weighted by atomic mass is 16.5. The van der Waals surface area contributed by atoms with Crippen molar-refractivity contribution < 1.29 is 4.74 Å².